The van der Waals surface area contributed by atoms with Crippen molar-refractivity contribution in [2.24, 2.45) is 0 Å². The molecule has 0 atom stereocenters. The number of fused-ring (bicyclic) bond motifs is 1. The fraction of sp³-hybridized carbons (Fsp3) is 0.172. The highest BCUT2D eigenvalue weighted by molar-refractivity contribution is 6.37. The van der Waals surface area contributed by atoms with E-state index in [1.54, 1.807) is 18.2 Å². The molecule has 1 heterocycles. The van der Waals surface area contributed by atoms with E-state index < -0.39 is 18.9 Å². The molecule has 37 heavy (non-hydrogen) atoms. The number of amides is 2. The maximum atomic E-state index is 13.2. The number of benzene rings is 3. The van der Waals surface area contributed by atoms with Crippen LogP contribution in [0.25, 0.3) is 11.3 Å². The van der Waals surface area contributed by atoms with Crippen LogP contribution in [0.2, 0.25) is 0 Å². The van der Waals surface area contributed by atoms with Crippen molar-refractivity contribution in [1.82, 2.24) is 10.2 Å². The lowest BCUT2D eigenvalue weighted by molar-refractivity contribution is -0.116. The molecule has 0 unspecified atom stereocenters. The Labute approximate surface area is 214 Å². The van der Waals surface area contributed by atoms with Gasteiger partial charge in [-0.05, 0) is 49.5 Å². The number of alkyl halides is 2. The summed E-state index contributed by atoms with van der Waals surface area (Å²) in [5.41, 5.74) is 5.70. The van der Waals surface area contributed by atoms with Gasteiger partial charge in [-0.2, -0.15) is 0 Å². The van der Waals surface area contributed by atoms with Gasteiger partial charge in [0.2, 0.25) is 0 Å². The van der Waals surface area contributed by atoms with Crippen LogP contribution >= 0.6 is 0 Å². The van der Waals surface area contributed by atoms with Gasteiger partial charge < -0.3 is 20.9 Å². The quantitative estimate of drug-likeness (QED) is 0.332. The van der Waals surface area contributed by atoms with Crippen LogP contribution in [0, 0.1) is 11.8 Å². The van der Waals surface area contributed by atoms with Crippen LogP contribution in [0.5, 0.6) is 0 Å². The molecule has 188 valence electrons. The van der Waals surface area contributed by atoms with Crippen LogP contribution in [0.1, 0.15) is 22.3 Å². The molecule has 0 bridgehead atoms. The van der Waals surface area contributed by atoms with Gasteiger partial charge in [0.1, 0.15) is 0 Å². The van der Waals surface area contributed by atoms with Crippen LogP contribution in [-0.2, 0) is 16.1 Å². The van der Waals surface area contributed by atoms with Crippen molar-refractivity contribution in [3.05, 3.63) is 95.1 Å². The lowest BCUT2D eigenvalue weighted by Gasteiger charge is -2.16. The van der Waals surface area contributed by atoms with E-state index in [0.717, 1.165) is 17.8 Å². The number of carbonyl (C=O) groups is 2. The van der Waals surface area contributed by atoms with Crippen LogP contribution in [0.3, 0.4) is 0 Å². The Balaban J connectivity index is 1.67. The lowest BCUT2D eigenvalue weighted by Crippen LogP contribution is -2.26. The van der Waals surface area contributed by atoms with E-state index in [1.165, 1.54) is 5.56 Å². The Morgan fingerprint density at radius 2 is 1.76 bits per heavy atom. The summed E-state index contributed by atoms with van der Waals surface area (Å²) in [6.07, 6.45) is -2.64. The first kappa shape index (κ1) is 25.6. The van der Waals surface area contributed by atoms with Gasteiger partial charge in [-0.1, -0.05) is 54.5 Å². The third kappa shape index (κ3) is 6.60. The number of rotatable bonds is 7. The van der Waals surface area contributed by atoms with Gasteiger partial charge in [0.15, 0.2) is 0 Å². The number of nitrogens with zero attached hydrogens (tertiary/aromatic N) is 1. The van der Waals surface area contributed by atoms with Gasteiger partial charge in [0, 0.05) is 29.3 Å². The number of hydrogen-bond acceptors (Lipinski definition) is 4. The second-order valence-corrected chi connectivity index (χ2v) is 8.74. The second kappa shape index (κ2) is 11.5. The minimum atomic E-state index is -2.64. The summed E-state index contributed by atoms with van der Waals surface area (Å²) in [4.78, 5) is 26.9. The van der Waals surface area contributed by atoms with Crippen LogP contribution in [0.4, 0.5) is 20.2 Å². The number of hydrogen-bond donors (Lipinski definition) is 3. The average Bonchev–Trinajstić information content (AvgIpc) is 3.20. The smallest absolute Gasteiger partial charge is 0.296 e. The Kier molecular flexibility index (Phi) is 7.96. The third-order valence-corrected chi connectivity index (χ3v) is 5.54. The van der Waals surface area contributed by atoms with E-state index in [0.29, 0.717) is 28.1 Å². The number of carbonyl (C=O) groups excluding carboxylic acids is 2. The fourth-order valence-corrected chi connectivity index (χ4v) is 3.93. The zero-order valence-electron chi connectivity index (χ0n) is 20.4. The summed E-state index contributed by atoms with van der Waals surface area (Å²) < 4.78 is 24.5. The molecule has 0 saturated carbocycles. The molecule has 8 heteroatoms. The molecule has 0 fully saturated rings. The van der Waals surface area contributed by atoms with Crippen LogP contribution < -0.4 is 16.0 Å². The third-order valence-electron chi connectivity index (χ3n) is 5.54. The highest BCUT2D eigenvalue weighted by Crippen LogP contribution is 2.38. The Morgan fingerprint density at radius 3 is 2.43 bits per heavy atom. The highest BCUT2D eigenvalue weighted by Gasteiger charge is 2.28. The van der Waals surface area contributed by atoms with E-state index in [-0.39, 0.29) is 5.91 Å². The van der Waals surface area contributed by atoms with Crippen LogP contribution in [0.15, 0.2) is 72.8 Å². The lowest BCUT2D eigenvalue weighted by atomic mass is 9.99. The van der Waals surface area contributed by atoms with E-state index >= 15 is 0 Å². The monoisotopic (exact) mass is 500 g/mol. The summed E-state index contributed by atoms with van der Waals surface area (Å²) in [6, 6.07) is 22.7. The van der Waals surface area contributed by atoms with Gasteiger partial charge in [-0.3, -0.25) is 9.59 Å². The molecule has 0 radical (unpaired) electrons. The van der Waals surface area contributed by atoms with Crippen molar-refractivity contribution >= 4 is 34.5 Å². The molecule has 0 saturated heterocycles. The number of halogens is 2. The van der Waals surface area contributed by atoms with Gasteiger partial charge in [0.05, 0.1) is 23.5 Å². The van der Waals surface area contributed by atoms with Crippen molar-refractivity contribution in [1.29, 1.82) is 0 Å². The van der Waals surface area contributed by atoms with Gasteiger partial charge in [-0.15, -0.1) is 0 Å². The molecule has 3 aromatic carbocycles. The normalized spacial score (nSPS) is 13.5. The first-order valence-corrected chi connectivity index (χ1v) is 11.6. The van der Waals surface area contributed by atoms with Crippen molar-refractivity contribution in [3.8, 4) is 11.8 Å². The Morgan fingerprint density at radius 1 is 1.03 bits per heavy atom. The molecule has 3 N–H and O–H groups in total. The van der Waals surface area contributed by atoms with Crippen molar-refractivity contribution < 1.29 is 18.4 Å². The molecule has 0 spiro atoms. The Hall–Kier alpha value is -4.48. The minimum Gasteiger partial charge on any atom is -0.354 e. The maximum Gasteiger partial charge on any atom is 0.296 e. The van der Waals surface area contributed by atoms with Crippen molar-refractivity contribution in [2.45, 2.75) is 13.0 Å². The zero-order chi connectivity index (χ0) is 26.4. The topological polar surface area (TPSA) is 73.5 Å². The van der Waals surface area contributed by atoms with Gasteiger partial charge in [-0.25, -0.2) is 8.78 Å². The van der Waals surface area contributed by atoms with Gasteiger partial charge >= 0.3 is 0 Å². The SMILES string of the molecule is CN(C)Cc1ccc(N/C(=C2/C(=O)Nc3cc(C#CC(=O)NCC(F)F)ccc32)c2ccccc2)cc1. The predicted octanol–water partition coefficient (Wildman–Crippen LogP) is 4.41. The molecule has 0 aliphatic carbocycles. The first-order chi connectivity index (χ1) is 17.8. The average molecular weight is 501 g/mol. The largest absolute Gasteiger partial charge is 0.354 e. The molecular weight excluding hydrogens is 474 g/mol. The zero-order valence-corrected chi connectivity index (χ0v) is 20.4. The van der Waals surface area contributed by atoms with E-state index in [1.807, 2.05) is 74.0 Å². The van der Waals surface area contributed by atoms with E-state index in [4.69, 9.17) is 0 Å². The first-order valence-electron chi connectivity index (χ1n) is 11.6. The molecule has 1 aliphatic rings. The molecule has 2 amide bonds. The number of nitrogens with one attached hydrogen (secondary N) is 3. The highest BCUT2D eigenvalue weighted by atomic mass is 19.3. The minimum absolute atomic E-state index is 0.273. The van der Waals surface area contributed by atoms with E-state index in [2.05, 4.69) is 27.4 Å². The Bertz CT molecular complexity index is 1390. The second-order valence-electron chi connectivity index (χ2n) is 8.74. The molecule has 0 aromatic heterocycles. The van der Waals surface area contributed by atoms with Crippen molar-refractivity contribution in [2.75, 3.05) is 31.3 Å². The molecule has 4 rings (SSSR count). The van der Waals surface area contributed by atoms with Crippen LogP contribution in [-0.4, -0.2) is 43.8 Å². The fourth-order valence-electron chi connectivity index (χ4n) is 3.93. The summed E-state index contributed by atoms with van der Waals surface area (Å²) in [5.74, 6) is 3.88. The summed E-state index contributed by atoms with van der Waals surface area (Å²) in [5, 5.41) is 8.34. The van der Waals surface area contributed by atoms with Gasteiger partial charge in [0.25, 0.3) is 18.2 Å². The molecule has 1 aliphatic heterocycles. The predicted molar refractivity (Wildman–Crippen MR) is 142 cm³/mol. The standard InChI is InChI=1S/C29H26F2N4O2/c1-35(2)18-20-8-12-22(13-9-20)33-28(21-6-4-3-5-7-21)27-23-14-10-19(16-24(23)34-29(27)37)11-15-26(36)32-17-25(30)31/h3-10,12-14,16,25,33H,17-18H2,1-2H3,(H,32,36)(H,34,37)/b28-27+. The molecule has 3 aromatic rings. The summed E-state index contributed by atoms with van der Waals surface area (Å²) in [6.45, 7) is 0.0668. The summed E-state index contributed by atoms with van der Waals surface area (Å²) >= 11 is 0. The summed E-state index contributed by atoms with van der Waals surface area (Å²) in [7, 11) is 4.03. The molecular formula is C29H26F2N4O2. The van der Waals surface area contributed by atoms with Crippen molar-refractivity contribution in [3.63, 3.8) is 0 Å². The van der Waals surface area contributed by atoms with E-state index in [9.17, 15) is 18.4 Å². The maximum absolute atomic E-state index is 13.2. The number of anilines is 2. The molecule has 6 nitrogen and oxygen atoms in total.